The van der Waals surface area contributed by atoms with Crippen LogP contribution in [0.1, 0.15) is 12.5 Å². The molecular weight excluding hydrogens is 326 g/mol. The molecule has 0 saturated carbocycles. The number of hydrogen-bond acceptors (Lipinski definition) is 4. The van der Waals surface area contributed by atoms with E-state index in [1.165, 1.54) is 21.6 Å². The van der Waals surface area contributed by atoms with E-state index in [1.54, 1.807) is 21.0 Å². The van der Waals surface area contributed by atoms with Gasteiger partial charge in [0.2, 0.25) is 5.91 Å². The van der Waals surface area contributed by atoms with Crippen molar-refractivity contribution < 1.29 is 14.4 Å². The normalized spacial score (nSPS) is 23.2. The fraction of sp³-hybridized carbons (Fsp3) is 0.353. The SMILES string of the molecule is CC1=C(C(=O)N(C)C)SC2NC(=O)N(Cc3ccccc3)C(=O)C12. The van der Waals surface area contributed by atoms with Crippen molar-refractivity contribution >= 4 is 29.6 Å². The van der Waals surface area contributed by atoms with Gasteiger partial charge in [0.05, 0.1) is 22.7 Å². The molecule has 2 aliphatic rings. The van der Waals surface area contributed by atoms with Gasteiger partial charge >= 0.3 is 6.03 Å². The molecule has 126 valence electrons. The Labute approximate surface area is 144 Å². The quantitative estimate of drug-likeness (QED) is 0.907. The van der Waals surface area contributed by atoms with E-state index in [0.717, 1.165) is 11.1 Å². The first kappa shape index (κ1) is 16.6. The molecule has 1 fully saturated rings. The van der Waals surface area contributed by atoms with Gasteiger partial charge in [0, 0.05) is 14.1 Å². The van der Waals surface area contributed by atoms with Crippen LogP contribution >= 0.6 is 11.8 Å². The smallest absolute Gasteiger partial charge is 0.325 e. The summed E-state index contributed by atoms with van der Waals surface area (Å²) in [6, 6.07) is 8.96. The number of urea groups is 1. The molecule has 1 saturated heterocycles. The van der Waals surface area contributed by atoms with Crippen LogP contribution in [0.4, 0.5) is 4.79 Å². The molecule has 2 atom stereocenters. The number of likely N-dealkylation sites (N-methyl/N-ethyl adjacent to an activating group) is 1. The lowest BCUT2D eigenvalue weighted by Gasteiger charge is -2.34. The van der Waals surface area contributed by atoms with Gasteiger partial charge < -0.3 is 10.2 Å². The van der Waals surface area contributed by atoms with Crippen molar-refractivity contribution in [3.05, 3.63) is 46.4 Å². The first-order chi connectivity index (χ1) is 11.4. The Morgan fingerprint density at radius 1 is 1.25 bits per heavy atom. The van der Waals surface area contributed by atoms with Crippen LogP contribution in [0, 0.1) is 5.92 Å². The summed E-state index contributed by atoms with van der Waals surface area (Å²) in [6.07, 6.45) is 0. The summed E-state index contributed by atoms with van der Waals surface area (Å²) in [6.45, 7) is 2.02. The topological polar surface area (TPSA) is 69.7 Å². The number of carbonyl (C=O) groups excluding carboxylic acids is 3. The average Bonchev–Trinajstić information content (AvgIpc) is 2.88. The zero-order chi connectivity index (χ0) is 17.4. The molecule has 7 heteroatoms. The molecule has 2 aliphatic heterocycles. The van der Waals surface area contributed by atoms with Crippen LogP contribution in [0.25, 0.3) is 0 Å². The fourth-order valence-corrected chi connectivity index (χ4v) is 4.36. The molecule has 4 amide bonds. The Hall–Kier alpha value is -2.28. The second-order valence-electron chi connectivity index (χ2n) is 6.09. The average molecular weight is 345 g/mol. The van der Waals surface area contributed by atoms with Gasteiger partial charge in [-0.3, -0.25) is 14.5 Å². The molecule has 0 bridgehead atoms. The van der Waals surface area contributed by atoms with Gasteiger partial charge in [0.25, 0.3) is 5.91 Å². The molecule has 6 nitrogen and oxygen atoms in total. The highest BCUT2D eigenvalue weighted by Crippen LogP contribution is 2.44. The second-order valence-corrected chi connectivity index (χ2v) is 7.24. The summed E-state index contributed by atoms with van der Waals surface area (Å²) in [7, 11) is 3.35. The third-order valence-corrected chi connectivity index (χ3v) is 5.58. The summed E-state index contributed by atoms with van der Waals surface area (Å²) < 4.78 is 0. The van der Waals surface area contributed by atoms with E-state index in [-0.39, 0.29) is 18.4 Å². The molecule has 0 radical (unpaired) electrons. The van der Waals surface area contributed by atoms with Gasteiger partial charge in [-0.2, -0.15) is 0 Å². The molecular formula is C17H19N3O3S. The third-order valence-electron chi connectivity index (χ3n) is 4.20. The van der Waals surface area contributed by atoms with Crippen molar-refractivity contribution in [3.63, 3.8) is 0 Å². The lowest BCUT2D eigenvalue weighted by Crippen LogP contribution is -2.57. The van der Waals surface area contributed by atoms with Crippen molar-refractivity contribution in [3.8, 4) is 0 Å². The second kappa shape index (κ2) is 6.32. The zero-order valence-electron chi connectivity index (χ0n) is 13.8. The largest absolute Gasteiger partial charge is 0.344 e. The summed E-state index contributed by atoms with van der Waals surface area (Å²) >= 11 is 1.26. The molecule has 2 unspecified atom stereocenters. The number of amides is 4. The van der Waals surface area contributed by atoms with Crippen molar-refractivity contribution in [2.75, 3.05) is 14.1 Å². The van der Waals surface area contributed by atoms with Crippen LogP contribution in [0.2, 0.25) is 0 Å². The number of fused-ring (bicyclic) bond motifs is 1. The fourth-order valence-electron chi connectivity index (χ4n) is 2.89. The molecule has 1 aromatic carbocycles. The van der Waals surface area contributed by atoms with Gasteiger partial charge in [0.15, 0.2) is 0 Å². The summed E-state index contributed by atoms with van der Waals surface area (Å²) in [5.41, 5.74) is 1.61. The Morgan fingerprint density at radius 3 is 2.54 bits per heavy atom. The monoisotopic (exact) mass is 345 g/mol. The van der Waals surface area contributed by atoms with Crippen LogP contribution in [-0.2, 0) is 16.1 Å². The number of nitrogens with one attached hydrogen (secondary N) is 1. The van der Waals surface area contributed by atoms with Gasteiger partial charge in [0.1, 0.15) is 0 Å². The summed E-state index contributed by atoms with van der Waals surface area (Å²) in [5.74, 6) is -0.877. The highest BCUT2D eigenvalue weighted by atomic mass is 32.2. The molecule has 24 heavy (non-hydrogen) atoms. The maximum absolute atomic E-state index is 12.9. The van der Waals surface area contributed by atoms with Crippen LogP contribution in [0.5, 0.6) is 0 Å². The Bertz CT molecular complexity index is 730. The molecule has 2 heterocycles. The third kappa shape index (κ3) is 2.80. The number of rotatable bonds is 3. The van der Waals surface area contributed by atoms with Gasteiger partial charge in [-0.05, 0) is 18.1 Å². The number of benzene rings is 1. The first-order valence-electron chi connectivity index (χ1n) is 7.65. The van der Waals surface area contributed by atoms with Crippen molar-refractivity contribution in [2.45, 2.75) is 18.8 Å². The van der Waals surface area contributed by atoms with E-state index in [1.807, 2.05) is 30.3 Å². The minimum Gasteiger partial charge on any atom is -0.344 e. The number of imide groups is 1. The van der Waals surface area contributed by atoms with Gasteiger partial charge in [-0.1, -0.05) is 42.1 Å². The molecule has 1 aromatic rings. The van der Waals surface area contributed by atoms with E-state index in [9.17, 15) is 14.4 Å². The van der Waals surface area contributed by atoms with Crippen LogP contribution in [0.3, 0.4) is 0 Å². The number of hydrogen-bond donors (Lipinski definition) is 1. The minimum atomic E-state index is -0.490. The number of carbonyl (C=O) groups is 3. The Kier molecular flexibility index (Phi) is 4.36. The van der Waals surface area contributed by atoms with Crippen molar-refractivity contribution in [1.82, 2.24) is 15.1 Å². The van der Waals surface area contributed by atoms with E-state index in [2.05, 4.69) is 5.32 Å². The highest BCUT2D eigenvalue weighted by Gasteiger charge is 2.48. The van der Waals surface area contributed by atoms with Crippen LogP contribution in [-0.4, -0.2) is 47.1 Å². The highest BCUT2D eigenvalue weighted by molar-refractivity contribution is 8.04. The molecule has 0 aromatic heterocycles. The molecule has 0 spiro atoms. The number of nitrogens with zero attached hydrogens (tertiary/aromatic N) is 2. The van der Waals surface area contributed by atoms with Crippen LogP contribution in [0.15, 0.2) is 40.8 Å². The van der Waals surface area contributed by atoms with Gasteiger partial charge in [-0.25, -0.2) is 4.79 Å². The predicted octanol–water partition coefficient (Wildman–Crippen LogP) is 1.79. The number of thioether (sulfide) groups is 1. The summed E-state index contributed by atoms with van der Waals surface area (Å²) in [4.78, 5) is 40.7. The standard InChI is InChI=1S/C17H19N3O3S/c1-10-12-14(24-13(10)16(22)19(2)3)18-17(23)20(15(12)21)9-11-7-5-4-6-8-11/h4-8,12,14H,9H2,1-3H3,(H,18,23). The predicted molar refractivity (Wildman–Crippen MR) is 91.8 cm³/mol. The Morgan fingerprint density at radius 2 is 1.92 bits per heavy atom. The first-order valence-corrected chi connectivity index (χ1v) is 8.53. The lowest BCUT2D eigenvalue weighted by atomic mass is 9.96. The van der Waals surface area contributed by atoms with Crippen molar-refractivity contribution in [2.24, 2.45) is 5.92 Å². The molecule has 0 aliphatic carbocycles. The maximum atomic E-state index is 12.9. The van der Waals surface area contributed by atoms with E-state index < -0.39 is 17.3 Å². The van der Waals surface area contributed by atoms with E-state index in [4.69, 9.17) is 0 Å². The molecule has 3 rings (SSSR count). The summed E-state index contributed by atoms with van der Waals surface area (Å²) in [5, 5.41) is 2.44. The van der Waals surface area contributed by atoms with E-state index in [0.29, 0.717) is 4.91 Å². The lowest BCUT2D eigenvalue weighted by molar-refractivity contribution is -0.133. The molecule has 1 N–H and O–H groups in total. The zero-order valence-corrected chi connectivity index (χ0v) is 14.6. The van der Waals surface area contributed by atoms with Gasteiger partial charge in [-0.15, -0.1) is 0 Å². The van der Waals surface area contributed by atoms with Crippen LogP contribution < -0.4 is 5.32 Å². The Balaban J connectivity index is 1.86. The maximum Gasteiger partial charge on any atom is 0.325 e. The van der Waals surface area contributed by atoms with E-state index >= 15 is 0 Å². The minimum absolute atomic E-state index is 0.136. The van der Waals surface area contributed by atoms with Crippen molar-refractivity contribution in [1.29, 1.82) is 0 Å².